The fourth-order valence-electron chi connectivity index (χ4n) is 19.8. The molecule has 4 N–H and O–H groups in total. The Bertz CT molecular complexity index is 4670. The van der Waals surface area contributed by atoms with Gasteiger partial charge in [0.25, 0.3) is 0 Å². The second-order valence-corrected chi connectivity index (χ2v) is 34.7. The summed E-state index contributed by atoms with van der Waals surface area (Å²) in [4.78, 5) is 33.5. The van der Waals surface area contributed by atoms with E-state index in [1.165, 1.54) is 175 Å². The predicted molar refractivity (Wildman–Crippen MR) is 450 cm³/mol. The van der Waals surface area contributed by atoms with Crippen LogP contribution in [0.3, 0.4) is 0 Å². The molecule has 9 aliphatic rings. The number of hydrogen-bond donors (Lipinski definition) is 4. The Balaban J connectivity index is 0.000000127. The third-order valence-electron chi connectivity index (χ3n) is 26.3. The standard InChI is InChI=1S/C31H43N5O2.2C30H40N4O3/c1-22-7-8-25(32-22)28-18-26(33-23-20-31(21-23)9-14-35(2)15-10-31)24-17-29(37-3)30(19-27(24)34-28)38-16-6-13-36-11-4-5-12-36;1-21-7-8-26(37-21)25-18-23(32-29-9-10-30(29)11-15-33(2)20-30)22-17-27(35-3)28(19-24(22)31-25)36-16-6-14-34-12-4-5-13-34;1-21-7-8-27(37-21)26-16-24(31-22-18-30(19-22)9-13-33(2)20-30)23-15-28(35-3)29(17-25(23)32-26)36-14-6-12-34-10-4-5-11-34/h7-8,17-19,23,32H,4-6,9-16,20-21H2,1-3H3,(H,33,34);7-8,17-19,29H,4-6,9-16,20H2,1-3H3,(H,31,32);7-8,15-17,22H,4-6,9-14,18-20H2,1-3H3,(H,31,32). The van der Waals surface area contributed by atoms with Crippen molar-refractivity contribution in [3.63, 3.8) is 0 Å². The van der Waals surface area contributed by atoms with E-state index in [-0.39, 0.29) is 0 Å². The van der Waals surface area contributed by atoms with E-state index < -0.39 is 0 Å². The zero-order valence-corrected chi connectivity index (χ0v) is 68.3. The van der Waals surface area contributed by atoms with Crippen molar-refractivity contribution in [2.75, 3.05) is 176 Å². The molecule has 9 aromatic rings. The number of anilines is 3. The first-order chi connectivity index (χ1) is 54.5. The number of aromatic nitrogens is 4. The second kappa shape index (κ2) is 34.4. The molecule has 0 bridgehead atoms. The van der Waals surface area contributed by atoms with Crippen LogP contribution in [0.1, 0.15) is 139 Å². The maximum Gasteiger partial charge on any atom is 0.163 e. The van der Waals surface area contributed by atoms with E-state index in [2.05, 4.69) is 133 Å². The monoisotopic (exact) mass is 1530 g/mol. The van der Waals surface area contributed by atoms with Gasteiger partial charge < -0.3 is 87.6 Å². The van der Waals surface area contributed by atoms with Crippen molar-refractivity contribution < 1.29 is 37.3 Å². The first kappa shape index (κ1) is 77.6. The lowest BCUT2D eigenvalue weighted by molar-refractivity contribution is 0.0328. The van der Waals surface area contributed by atoms with Crippen LogP contribution in [-0.4, -0.2) is 228 Å². The molecule has 0 amide bonds. The number of nitrogens with zero attached hydrogens (tertiary/aromatic N) is 9. The number of ether oxygens (including phenoxy) is 6. The molecule has 2 atom stereocenters. The van der Waals surface area contributed by atoms with E-state index in [1.807, 2.05) is 50.2 Å². The van der Waals surface area contributed by atoms with Gasteiger partial charge in [0.15, 0.2) is 46.0 Å². The first-order valence-corrected chi connectivity index (χ1v) is 42.3. The number of H-pyrrole nitrogens is 1. The summed E-state index contributed by atoms with van der Waals surface area (Å²) in [5.41, 5.74) is 12.2. The Morgan fingerprint density at radius 2 is 0.839 bits per heavy atom. The summed E-state index contributed by atoms with van der Waals surface area (Å²) in [7, 11) is 11.9. The van der Waals surface area contributed by atoms with E-state index in [4.69, 9.17) is 52.2 Å². The van der Waals surface area contributed by atoms with Crippen LogP contribution < -0.4 is 44.4 Å². The summed E-state index contributed by atoms with van der Waals surface area (Å²) in [6.45, 7) is 25.8. The van der Waals surface area contributed by atoms with Crippen molar-refractivity contribution in [1.82, 2.24) is 49.3 Å². The first-order valence-electron chi connectivity index (χ1n) is 42.3. The third-order valence-corrected chi connectivity index (χ3v) is 26.3. The molecular weight excluding hydrogens is 1400 g/mol. The van der Waals surface area contributed by atoms with Crippen LogP contribution in [-0.2, 0) is 0 Å². The number of furan rings is 2. The van der Waals surface area contributed by atoms with Gasteiger partial charge in [-0.3, -0.25) is 0 Å². The molecule has 0 radical (unpaired) electrons. The quantitative estimate of drug-likeness (QED) is 0.0355. The van der Waals surface area contributed by atoms with Gasteiger partial charge in [-0.1, -0.05) is 0 Å². The van der Waals surface area contributed by atoms with Gasteiger partial charge in [0.05, 0.1) is 69.1 Å². The topological polar surface area (TPSA) is 192 Å². The maximum absolute atomic E-state index is 6.26. The van der Waals surface area contributed by atoms with Crippen LogP contribution in [0.4, 0.5) is 17.1 Å². The van der Waals surface area contributed by atoms with Gasteiger partial charge in [0.1, 0.15) is 22.9 Å². The van der Waals surface area contributed by atoms with Crippen LogP contribution in [0.15, 0.2) is 99.8 Å². The molecule has 21 heteroatoms. The summed E-state index contributed by atoms with van der Waals surface area (Å²) in [5, 5.41) is 14.9. The normalized spacial score (nSPS) is 21.9. The number of aromatic amines is 1. The van der Waals surface area contributed by atoms with E-state index >= 15 is 0 Å². The minimum Gasteiger partial charge on any atom is -0.493 e. The molecule has 6 saturated heterocycles. The van der Waals surface area contributed by atoms with Gasteiger partial charge in [0.2, 0.25) is 0 Å². The summed E-state index contributed by atoms with van der Waals surface area (Å²) < 4.78 is 48.0. The Labute approximate surface area is 663 Å². The number of pyridine rings is 3. The molecule has 3 saturated carbocycles. The van der Waals surface area contributed by atoms with E-state index in [0.29, 0.717) is 54.2 Å². The highest BCUT2D eigenvalue weighted by molar-refractivity contribution is 5.98. The number of piperidine rings is 1. The molecule has 21 nitrogen and oxygen atoms in total. The van der Waals surface area contributed by atoms with Crippen molar-refractivity contribution in [2.45, 2.75) is 161 Å². The average molecular weight is 1530 g/mol. The Morgan fingerprint density at radius 1 is 0.429 bits per heavy atom. The molecule has 9 fully saturated rings. The molecule has 2 unspecified atom stereocenters. The minimum atomic E-state index is 0.369. The highest BCUT2D eigenvalue weighted by Crippen LogP contribution is 2.53. The SMILES string of the molecule is COc1cc2c(NC3CC4(CCN(C)C4)C3)cc(-c3ccc(C)o3)nc2cc1OCCCN1CCCC1.COc1cc2c(NC3CC4(CCN(C)CC4)C3)cc(-c3ccc(C)[nH]3)nc2cc1OCCCN1CCCC1.COc1cc2c(NC3CCC34CCN(C)C4)cc(-c3ccc(C)o3)nc2cc1OCCCN1CCCC1. The average Bonchev–Trinajstić information content (AvgIpc) is 1.30. The van der Waals surface area contributed by atoms with Crippen molar-refractivity contribution in [3.8, 4) is 68.8 Å². The Hall–Kier alpha value is -8.31. The number of hydrogen-bond acceptors (Lipinski definition) is 20. The molecular formula is C91H123N13O8. The van der Waals surface area contributed by atoms with Crippen molar-refractivity contribution in [2.24, 2.45) is 16.2 Å². The summed E-state index contributed by atoms with van der Waals surface area (Å²) in [5.74, 6) is 7.89. The largest absolute Gasteiger partial charge is 0.493 e. The van der Waals surface area contributed by atoms with Crippen LogP contribution in [0, 0.1) is 37.0 Å². The zero-order valence-electron chi connectivity index (χ0n) is 68.3. The molecule has 18 rings (SSSR count). The molecule has 6 aromatic heterocycles. The van der Waals surface area contributed by atoms with Gasteiger partial charge in [-0.05, 0) is 313 Å². The molecule has 112 heavy (non-hydrogen) atoms. The number of likely N-dealkylation sites (tertiary alicyclic amines) is 6. The number of rotatable bonds is 27. The lowest BCUT2D eigenvalue weighted by Gasteiger charge is -2.52. The van der Waals surface area contributed by atoms with Crippen LogP contribution >= 0.6 is 0 Å². The van der Waals surface area contributed by atoms with Crippen LogP contribution in [0.5, 0.6) is 34.5 Å². The number of aryl methyl sites for hydroxylation is 3. The van der Waals surface area contributed by atoms with Crippen molar-refractivity contribution >= 4 is 49.8 Å². The van der Waals surface area contributed by atoms with Gasteiger partial charge in [-0.2, -0.15) is 0 Å². The van der Waals surface area contributed by atoms with Gasteiger partial charge >= 0.3 is 0 Å². The fraction of sp³-hybridized carbons (Fsp3) is 0.571. The molecule has 6 aliphatic heterocycles. The van der Waals surface area contributed by atoms with Crippen molar-refractivity contribution in [3.05, 3.63) is 108 Å². The molecule has 3 aliphatic carbocycles. The maximum atomic E-state index is 6.26. The predicted octanol–water partition coefficient (Wildman–Crippen LogP) is 16.8. The summed E-state index contributed by atoms with van der Waals surface area (Å²) in [6, 6.07) is 32.5. The van der Waals surface area contributed by atoms with Gasteiger partial charge in [-0.25, -0.2) is 15.0 Å². The lowest BCUT2D eigenvalue weighted by Crippen LogP contribution is -2.51. The van der Waals surface area contributed by atoms with Crippen LogP contribution in [0.25, 0.3) is 67.0 Å². The smallest absolute Gasteiger partial charge is 0.163 e. The third kappa shape index (κ3) is 17.8. The fourth-order valence-corrected chi connectivity index (χ4v) is 19.8. The van der Waals surface area contributed by atoms with Gasteiger partial charge in [-0.15, -0.1) is 0 Å². The van der Waals surface area contributed by atoms with E-state index in [9.17, 15) is 0 Å². The molecule has 3 aromatic carbocycles. The number of fused-ring (bicyclic) bond motifs is 3. The second-order valence-electron chi connectivity index (χ2n) is 34.7. The van der Waals surface area contributed by atoms with Crippen LogP contribution in [0.2, 0.25) is 0 Å². The zero-order chi connectivity index (χ0) is 76.9. The Kier molecular flexibility index (Phi) is 23.8. The number of methoxy groups -OCH3 is 3. The lowest BCUT2D eigenvalue weighted by atomic mass is 9.60. The Morgan fingerprint density at radius 3 is 1.22 bits per heavy atom. The minimum absolute atomic E-state index is 0.369. The van der Waals surface area contributed by atoms with Crippen molar-refractivity contribution in [1.29, 1.82) is 0 Å². The summed E-state index contributed by atoms with van der Waals surface area (Å²) in [6.07, 6.45) is 23.6. The number of nitrogens with one attached hydrogen (secondary N) is 4. The molecule has 600 valence electrons. The van der Waals surface area contributed by atoms with Gasteiger partial charge in [0, 0.05) is 113 Å². The highest BCUT2D eigenvalue weighted by Gasteiger charge is 2.51. The molecule has 3 spiro atoms. The van der Waals surface area contributed by atoms with E-state index in [0.717, 1.165) is 181 Å². The molecule has 12 heterocycles. The highest BCUT2D eigenvalue weighted by atomic mass is 16.5. The number of benzene rings is 3. The summed E-state index contributed by atoms with van der Waals surface area (Å²) >= 11 is 0. The van der Waals surface area contributed by atoms with E-state index in [1.54, 1.807) is 21.3 Å².